The summed E-state index contributed by atoms with van der Waals surface area (Å²) >= 11 is 0. The monoisotopic (exact) mass is 193 g/mol. The van der Waals surface area contributed by atoms with E-state index in [0.29, 0.717) is 6.04 Å². The van der Waals surface area contributed by atoms with E-state index in [0.717, 1.165) is 12.0 Å². The Bertz CT molecular complexity index is 307. The molecule has 14 heavy (non-hydrogen) atoms. The van der Waals surface area contributed by atoms with Gasteiger partial charge >= 0.3 is 0 Å². The second-order valence-electron chi connectivity index (χ2n) is 3.92. The predicted octanol–water partition coefficient (Wildman–Crippen LogP) is 3.03. The molecule has 1 unspecified atom stereocenters. The van der Waals surface area contributed by atoms with Crippen molar-refractivity contribution in [3.05, 3.63) is 35.6 Å². The molecule has 0 bridgehead atoms. The van der Waals surface area contributed by atoms with E-state index in [1.807, 2.05) is 12.1 Å². The third-order valence-corrected chi connectivity index (χ3v) is 2.70. The van der Waals surface area contributed by atoms with Gasteiger partial charge in [0.2, 0.25) is 0 Å². The van der Waals surface area contributed by atoms with E-state index < -0.39 is 0 Å². The van der Waals surface area contributed by atoms with Crippen molar-refractivity contribution in [1.82, 2.24) is 5.32 Å². The van der Waals surface area contributed by atoms with Gasteiger partial charge in [-0.2, -0.15) is 0 Å². The predicted molar refractivity (Wildman–Crippen MR) is 55.6 cm³/mol. The van der Waals surface area contributed by atoms with Crippen LogP contribution >= 0.6 is 0 Å². The molecule has 1 nitrogen and oxygen atoms in total. The lowest BCUT2D eigenvalue weighted by Gasteiger charge is -2.17. The van der Waals surface area contributed by atoms with Gasteiger partial charge in [-0.1, -0.05) is 25.1 Å². The molecular formula is C12H16FN. The number of hydrogen-bond acceptors (Lipinski definition) is 1. The SMILES string of the molecule is CCC(NC1CC1)c1ccccc1F. The zero-order valence-electron chi connectivity index (χ0n) is 8.46. The molecule has 1 aromatic carbocycles. The van der Waals surface area contributed by atoms with Crippen LogP contribution in [0.25, 0.3) is 0 Å². The summed E-state index contributed by atoms with van der Waals surface area (Å²) in [6.07, 6.45) is 3.42. The summed E-state index contributed by atoms with van der Waals surface area (Å²) in [6, 6.07) is 7.85. The van der Waals surface area contributed by atoms with Gasteiger partial charge in [0.05, 0.1) is 0 Å². The molecule has 1 atom stereocenters. The third kappa shape index (κ3) is 2.13. The second kappa shape index (κ2) is 4.09. The average molecular weight is 193 g/mol. The maximum Gasteiger partial charge on any atom is 0.127 e. The van der Waals surface area contributed by atoms with Crippen molar-refractivity contribution in [2.24, 2.45) is 0 Å². The molecule has 1 fully saturated rings. The van der Waals surface area contributed by atoms with Crippen LogP contribution in [0.1, 0.15) is 37.8 Å². The van der Waals surface area contributed by atoms with Crippen molar-refractivity contribution in [3.8, 4) is 0 Å². The minimum absolute atomic E-state index is 0.0903. The van der Waals surface area contributed by atoms with E-state index >= 15 is 0 Å². The van der Waals surface area contributed by atoms with Gasteiger partial charge < -0.3 is 5.32 Å². The molecular weight excluding hydrogens is 177 g/mol. The first-order valence-electron chi connectivity index (χ1n) is 5.31. The van der Waals surface area contributed by atoms with E-state index in [1.54, 1.807) is 6.07 Å². The molecule has 0 spiro atoms. The lowest BCUT2D eigenvalue weighted by molar-refractivity contribution is 0.486. The molecule has 0 radical (unpaired) electrons. The first kappa shape index (κ1) is 9.66. The highest BCUT2D eigenvalue weighted by Gasteiger charge is 2.25. The van der Waals surface area contributed by atoms with E-state index in [-0.39, 0.29) is 11.9 Å². The number of halogens is 1. The molecule has 1 saturated carbocycles. The van der Waals surface area contributed by atoms with Crippen LogP contribution in [0, 0.1) is 5.82 Å². The van der Waals surface area contributed by atoms with Gasteiger partial charge in [-0.15, -0.1) is 0 Å². The van der Waals surface area contributed by atoms with E-state index in [9.17, 15) is 4.39 Å². The van der Waals surface area contributed by atoms with Gasteiger partial charge in [-0.05, 0) is 25.3 Å². The van der Waals surface area contributed by atoms with Crippen LogP contribution in [0.4, 0.5) is 4.39 Å². The Labute approximate surface area is 84.3 Å². The molecule has 2 rings (SSSR count). The highest BCUT2D eigenvalue weighted by molar-refractivity contribution is 5.21. The second-order valence-corrected chi connectivity index (χ2v) is 3.92. The summed E-state index contributed by atoms with van der Waals surface area (Å²) in [5.74, 6) is -0.0903. The fourth-order valence-corrected chi connectivity index (χ4v) is 1.72. The smallest absolute Gasteiger partial charge is 0.127 e. The minimum Gasteiger partial charge on any atom is -0.307 e. The lowest BCUT2D eigenvalue weighted by Crippen LogP contribution is -2.23. The summed E-state index contributed by atoms with van der Waals surface area (Å²) in [5.41, 5.74) is 0.807. The number of rotatable bonds is 4. The standard InChI is InChI=1S/C12H16FN/c1-2-12(14-9-7-8-9)10-5-3-4-6-11(10)13/h3-6,9,12,14H,2,7-8H2,1H3. The lowest BCUT2D eigenvalue weighted by atomic mass is 10.0. The molecule has 0 aliphatic heterocycles. The fourth-order valence-electron chi connectivity index (χ4n) is 1.72. The van der Waals surface area contributed by atoms with Crippen LogP contribution in [0.15, 0.2) is 24.3 Å². The van der Waals surface area contributed by atoms with Gasteiger partial charge in [-0.25, -0.2) is 4.39 Å². The molecule has 0 aromatic heterocycles. The van der Waals surface area contributed by atoms with E-state index in [2.05, 4.69) is 12.2 Å². The zero-order chi connectivity index (χ0) is 9.97. The van der Waals surface area contributed by atoms with E-state index in [1.165, 1.54) is 18.9 Å². The Kier molecular flexibility index (Phi) is 2.82. The average Bonchev–Trinajstić information content (AvgIpc) is 2.99. The van der Waals surface area contributed by atoms with Gasteiger partial charge in [-0.3, -0.25) is 0 Å². The first-order valence-corrected chi connectivity index (χ1v) is 5.31. The molecule has 1 aliphatic rings. The fraction of sp³-hybridized carbons (Fsp3) is 0.500. The van der Waals surface area contributed by atoms with Crippen molar-refractivity contribution in [3.63, 3.8) is 0 Å². The topological polar surface area (TPSA) is 12.0 Å². The summed E-state index contributed by atoms with van der Waals surface area (Å²) in [6.45, 7) is 2.09. The molecule has 1 aromatic rings. The summed E-state index contributed by atoms with van der Waals surface area (Å²) in [5, 5.41) is 3.46. The Morgan fingerprint density at radius 2 is 2.14 bits per heavy atom. The maximum absolute atomic E-state index is 13.5. The van der Waals surface area contributed by atoms with Crippen LogP contribution in [0.5, 0.6) is 0 Å². The highest BCUT2D eigenvalue weighted by atomic mass is 19.1. The van der Waals surface area contributed by atoms with Crippen LogP contribution in [-0.4, -0.2) is 6.04 Å². The Hall–Kier alpha value is -0.890. The van der Waals surface area contributed by atoms with Crippen molar-refractivity contribution in [2.45, 2.75) is 38.3 Å². The molecule has 1 aliphatic carbocycles. The number of nitrogens with one attached hydrogen (secondary N) is 1. The maximum atomic E-state index is 13.5. The van der Waals surface area contributed by atoms with E-state index in [4.69, 9.17) is 0 Å². The molecule has 0 saturated heterocycles. The molecule has 1 N–H and O–H groups in total. The van der Waals surface area contributed by atoms with Crippen LogP contribution in [0.3, 0.4) is 0 Å². The van der Waals surface area contributed by atoms with Crippen LogP contribution in [-0.2, 0) is 0 Å². The molecule has 0 amide bonds. The summed E-state index contributed by atoms with van der Waals surface area (Å²) < 4.78 is 13.5. The van der Waals surface area contributed by atoms with Gasteiger partial charge in [0, 0.05) is 17.6 Å². The summed E-state index contributed by atoms with van der Waals surface area (Å²) in [7, 11) is 0. The van der Waals surface area contributed by atoms with Crippen molar-refractivity contribution < 1.29 is 4.39 Å². The first-order chi connectivity index (χ1) is 6.81. The molecule has 2 heteroatoms. The Morgan fingerprint density at radius 3 is 2.71 bits per heavy atom. The van der Waals surface area contributed by atoms with Gasteiger partial charge in [0.1, 0.15) is 5.82 Å². The number of hydrogen-bond donors (Lipinski definition) is 1. The third-order valence-electron chi connectivity index (χ3n) is 2.70. The van der Waals surface area contributed by atoms with Gasteiger partial charge in [0.15, 0.2) is 0 Å². The highest BCUT2D eigenvalue weighted by Crippen LogP contribution is 2.26. The zero-order valence-corrected chi connectivity index (χ0v) is 8.46. The number of benzene rings is 1. The quantitative estimate of drug-likeness (QED) is 0.775. The van der Waals surface area contributed by atoms with Crippen LogP contribution in [0.2, 0.25) is 0 Å². The largest absolute Gasteiger partial charge is 0.307 e. The van der Waals surface area contributed by atoms with Gasteiger partial charge in [0.25, 0.3) is 0 Å². The summed E-state index contributed by atoms with van der Waals surface area (Å²) in [4.78, 5) is 0. The minimum atomic E-state index is -0.0903. The molecule has 76 valence electrons. The van der Waals surface area contributed by atoms with Crippen molar-refractivity contribution in [2.75, 3.05) is 0 Å². The normalized spacial score (nSPS) is 18.1. The Balaban J connectivity index is 2.12. The van der Waals surface area contributed by atoms with Crippen molar-refractivity contribution >= 4 is 0 Å². The Morgan fingerprint density at radius 1 is 1.43 bits per heavy atom. The van der Waals surface area contributed by atoms with Crippen molar-refractivity contribution in [1.29, 1.82) is 0 Å². The molecule has 0 heterocycles. The van der Waals surface area contributed by atoms with Crippen LogP contribution < -0.4 is 5.32 Å².